The van der Waals surface area contributed by atoms with Crippen molar-refractivity contribution in [1.82, 2.24) is 0 Å². The van der Waals surface area contributed by atoms with Crippen molar-refractivity contribution in [2.45, 2.75) is 115 Å². The summed E-state index contributed by atoms with van der Waals surface area (Å²) in [4.78, 5) is 24.5. The summed E-state index contributed by atoms with van der Waals surface area (Å²) in [6.45, 7) is 13.4. The van der Waals surface area contributed by atoms with Crippen molar-refractivity contribution in [3.8, 4) is 28.7 Å². The molecule has 1 aliphatic carbocycles. The topological polar surface area (TPSA) is 108 Å². The van der Waals surface area contributed by atoms with Crippen molar-refractivity contribution >= 4 is 37.5 Å². The highest BCUT2D eigenvalue weighted by Crippen LogP contribution is 2.45. The maximum Gasteiger partial charge on any atom is 0.519 e. The van der Waals surface area contributed by atoms with Crippen LogP contribution in [0.15, 0.2) is 91.0 Å². The van der Waals surface area contributed by atoms with E-state index < -0.39 is 37.5 Å². The molecule has 0 spiro atoms. The van der Waals surface area contributed by atoms with Crippen LogP contribution >= 0.6 is 0 Å². The van der Waals surface area contributed by atoms with E-state index in [-0.39, 0.29) is 5.41 Å². The first kappa shape index (κ1) is 46.7. The normalized spacial score (nSPS) is 14.2. The third-order valence-electron chi connectivity index (χ3n) is 11.2. The third kappa shape index (κ3) is 13.3. The summed E-state index contributed by atoms with van der Waals surface area (Å²) in [7, 11) is -2.09. The van der Waals surface area contributed by atoms with Crippen molar-refractivity contribution in [2.75, 3.05) is 21.3 Å². The Morgan fingerprint density at radius 2 is 1.03 bits per heavy atom. The van der Waals surface area contributed by atoms with Crippen LogP contribution in [0.1, 0.15) is 67.2 Å². The number of ether oxygens (including phenoxy) is 6. The number of methoxy groups -OCH3 is 3. The van der Waals surface area contributed by atoms with Crippen LogP contribution in [0.3, 0.4) is 0 Å². The molecule has 0 heterocycles. The van der Waals surface area contributed by atoms with Crippen molar-refractivity contribution in [1.29, 1.82) is 0 Å². The molecule has 0 unspecified atom stereocenters. The standard InChI is InChI=1S/C47H64O10Si3/c1-50-43-34-36(22-28-41(43)54-45(48)52-3)18-16-32-58(4,5)56-60(8,9)57-59(6,7)33-17-19-37-23-29-42(44(35-37)51-2)55-46(49)53-40-26-24-39(25-27-40)47(30-14-11-15-31-47)38-20-12-10-13-21-38/h10,12-13,20-29,34-35H,11,14-19,30-33H2,1-9H3. The van der Waals surface area contributed by atoms with Crippen LogP contribution in [0.2, 0.25) is 51.4 Å². The van der Waals surface area contributed by atoms with Crippen LogP contribution in [0.5, 0.6) is 28.7 Å². The summed E-state index contributed by atoms with van der Waals surface area (Å²) in [6.07, 6.45) is 7.86. The summed E-state index contributed by atoms with van der Waals surface area (Å²) >= 11 is 0. The molecule has 0 saturated heterocycles. The number of benzene rings is 4. The summed E-state index contributed by atoms with van der Waals surface area (Å²) in [6, 6.07) is 31.8. The zero-order chi connectivity index (χ0) is 43.4. The highest BCUT2D eigenvalue weighted by atomic mass is 28.5. The second-order valence-corrected chi connectivity index (χ2v) is 29.8. The average molecular weight is 873 g/mol. The van der Waals surface area contributed by atoms with E-state index in [9.17, 15) is 9.59 Å². The molecule has 324 valence electrons. The maximum absolute atomic E-state index is 12.9. The van der Waals surface area contributed by atoms with Crippen LogP contribution in [-0.4, -0.2) is 58.8 Å². The van der Waals surface area contributed by atoms with Crippen LogP contribution in [-0.2, 0) is 31.2 Å². The third-order valence-corrected chi connectivity index (χ3v) is 22.7. The van der Waals surface area contributed by atoms with Gasteiger partial charge in [-0.15, -0.1) is 0 Å². The molecule has 1 saturated carbocycles. The predicted molar refractivity (Wildman–Crippen MR) is 243 cm³/mol. The Balaban J connectivity index is 1.08. The lowest BCUT2D eigenvalue weighted by Crippen LogP contribution is -2.52. The molecule has 0 bridgehead atoms. The van der Waals surface area contributed by atoms with Gasteiger partial charge < -0.3 is 36.7 Å². The minimum Gasteiger partial charge on any atom is -0.493 e. The number of carbonyl (C=O) groups excluding carboxylic acids is 2. The lowest BCUT2D eigenvalue weighted by Gasteiger charge is -2.39. The zero-order valence-corrected chi connectivity index (χ0v) is 40.0. The summed E-state index contributed by atoms with van der Waals surface area (Å²) in [5.41, 5.74) is 4.75. The molecule has 4 aromatic rings. The number of hydrogen-bond acceptors (Lipinski definition) is 10. The van der Waals surface area contributed by atoms with Gasteiger partial charge in [-0.2, -0.15) is 0 Å². The Morgan fingerprint density at radius 1 is 0.550 bits per heavy atom. The molecule has 0 radical (unpaired) electrons. The molecule has 0 aliphatic heterocycles. The number of rotatable bonds is 19. The van der Waals surface area contributed by atoms with Crippen molar-refractivity contribution < 1.29 is 46.2 Å². The minimum absolute atomic E-state index is 0.0233. The van der Waals surface area contributed by atoms with Gasteiger partial charge in [0.1, 0.15) is 5.75 Å². The van der Waals surface area contributed by atoms with E-state index in [1.807, 2.05) is 36.4 Å². The van der Waals surface area contributed by atoms with E-state index in [4.69, 9.17) is 31.9 Å². The quantitative estimate of drug-likeness (QED) is 0.0513. The second-order valence-electron chi connectivity index (χ2n) is 17.3. The molecule has 0 atom stereocenters. The zero-order valence-electron chi connectivity index (χ0n) is 37.0. The number of carbonyl (C=O) groups is 2. The first-order valence-corrected chi connectivity index (χ1v) is 30.2. The maximum atomic E-state index is 12.9. The summed E-state index contributed by atoms with van der Waals surface area (Å²) in [5, 5.41) is 0. The van der Waals surface area contributed by atoms with E-state index in [0.29, 0.717) is 28.7 Å². The van der Waals surface area contributed by atoms with Gasteiger partial charge in [-0.05, 0) is 149 Å². The van der Waals surface area contributed by atoms with Gasteiger partial charge in [0.15, 0.2) is 39.6 Å². The Labute approximate surface area is 360 Å². The largest absolute Gasteiger partial charge is 0.519 e. The summed E-state index contributed by atoms with van der Waals surface area (Å²) < 4.78 is 45.9. The molecule has 0 aromatic heterocycles. The van der Waals surface area contributed by atoms with Crippen LogP contribution in [0, 0.1) is 0 Å². The molecular weight excluding hydrogens is 809 g/mol. The van der Waals surface area contributed by atoms with Gasteiger partial charge in [-0.25, -0.2) is 9.59 Å². The fraction of sp³-hybridized carbons (Fsp3) is 0.447. The molecule has 0 N–H and O–H groups in total. The van der Waals surface area contributed by atoms with E-state index >= 15 is 0 Å². The van der Waals surface area contributed by atoms with Gasteiger partial charge in [0.25, 0.3) is 0 Å². The molecular formula is C47H64O10Si3. The smallest absolute Gasteiger partial charge is 0.493 e. The minimum atomic E-state index is -2.41. The molecule has 4 aromatic carbocycles. The molecule has 13 heteroatoms. The van der Waals surface area contributed by atoms with Gasteiger partial charge in [-0.3, -0.25) is 0 Å². The van der Waals surface area contributed by atoms with E-state index in [2.05, 4.69) is 86.5 Å². The Kier molecular flexibility index (Phi) is 16.3. The first-order valence-electron chi connectivity index (χ1n) is 21.1. The number of hydrogen-bond donors (Lipinski definition) is 0. The Morgan fingerprint density at radius 3 is 1.52 bits per heavy atom. The van der Waals surface area contributed by atoms with Gasteiger partial charge in [0, 0.05) is 5.41 Å². The van der Waals surface area contributed by atoms with Crippen molar-refractivity contribution in [3.05, 3.63) is 113 Å². The van der Waals surface area contributed by atoms with Crippen LogP contribution in [0.4, 0.5) is 9.59 Å². The highest BCUT2D eigenvalue weighted by molar-refractivity contribution is 6.87. The monoisotopic (exact) mass is 872 g/mol. The first-order chi connectivity index (χ1) is 28.6. The van der Waals surface area contributed by atoms with Crippen molar-refractivity contribution in [2.24, 2.45) is 0 Å². The second kappa shape index (κ2) is 20.9. The molecule has 10 nitrogen and oxygen atoms in total. The summed E-state index contributed by atoms with van der Waals surface area (Å²) in [5.74, 6) is 2.04. The lowest BCUT2D eigenvalue weighted by atomic mass is 9.65. The van der Waals surface area contributed by atoms with Gasteiger partial charge >= 0.3 is 20.9 Å². The van der Waals surface area contributed by atoms with Gasteiger partial charge in [-0.1, -0.05) is 73.9 Å². The molecule has 1 fully saturated rings. The predicted octanol–water partition coefficient (Wildman–Crippen LogP) is 12.4. The Hall–Kier alpha value is -4.41. The Bertz CT molecular complexity index is 2010. The fourth-order valence-electron chi connectivity index (χ4n) is 8.63. The molecule has 5 rings (SSSR count). The molecule has 0 amide bonds. The van der Waals surface area contributed by atoms with Crippen molar-refractivity contribution in [3.63, 3.8) is 0 Å². The lowest BCUT2D eigenvalue weighted by molar-refractivity contribution is 0.120. The molecule has 1 aliphatic rings. The number of aryl methyl sites for hydroxylation is 2. The van der Waals surface area contributed by atoms with E-state index in [1.54, 1.807) is 26.4 Å². The van der Waals surface area contributed by atoms with E-state index in [0.717, 1.165) is 61.7 Å². The highest BCUT2D eigenvalue weighted by Gasteiger charge is 2.39. The van der Waals surface area contributed by atoms with Crippen LogP contribution in [0.25, 0.3) is 0 Å². The van der Waals surface area contributed by atoms with Crippen LogP contribution < -0.4 is 23.7 Å². The fourth-order valence-corrected chi connectivity index (χ4v) is 22.7. The SMILES string of the molecule is COC(=O)Oc1ccc(CCC[Si](C)(C)O[Si](C)(C)O[Si](C)(C)CCCc2ccc(OC(=O)Oc3ccc(C4(c5ccccc5)CCCCC4)cc3)c(OC)c2)cc1OC. The van der Waals surface area contributed by atoms with Gasteiger partial charge in [0.05, 0.1) is 21.3 Å². The van der Waals surface area contributed by atoms with Gasteiger partial charge in [0.2, 0.25) is 0 Å². The average Bonchev–Trinajstić information content (AvgIpc) is 3.21. The van der Waals surface area contributed by atoms with E-state index in [1.165, 1.54) is 37.5 Å². The molecule has 60 heavy (non-hydrogen) atoms.